The van der Waals surface area contributed by atoms with Crippen molar-refractivity contribution in [3.8, 4) is 5.75 Å². The van der Waals surface area contributed by atoms with Crippen LogP contribution in [-0.2, 0) is 9.59 Å². The number of hydrogen-bond donors (Lipinski definition) is 3. The van der Waals surface area contributed by atoms with Gasteiger partial charge in [-0.3, -0.25) is 9.59 Å². The molecule has 0 fully saturated rings. The highest BCUT2D eigenvalue weighted by molar-refractivity contribution is 5.97. The molecular formula is C13H18N2O4. The molecule has 0 heterocycles. The van der Waals surface area contributed by atoms with E-state index in [1.54, 1.807) is 13.2 Å². The summed E-state index contributed by atoms with van der Waals surface area (Å²) in [4.78, 5) is 22.2. The first-order valence-corrected chi connectivity index (χ1v) is 5.79. The molecule has 6 heteroatoms. The van der Waals surface area contributed by atoms with Crippen LogP contribution in [0.1, 0.15) is 17.5 Å². The Kier molecular flexibility index (Phi) is 4.88. The molecule has 0 aliphatic carbocycles. The van der Waals surface area contributed by atoms with Gasteiger partial charge in [-0.2, -0.15) is 0 Å². The van der Waals surface area contributed by atoms with Gasteiger partial charge in [0.05, 0.1) is 19.6 Å². The lowest BCUT2D eigenvalue weighted by atomic mass is 10.1. The number of benzene rings is 1. The van der Waals surface area contributed by atoms with Gasteiger partial charge in [0.2, 0.25) is 5.91 Å². The van der Waals surface area contributed by atoms with Crippen LogP contribution in [-0.4, -0.2) is 30.1 Å². The predicted molar refractivity (Wildman–Crippen MR) is 71.3 cm³/mol. The van der Waals surface area contributed by atoms with Crippen molar-refractivity contribution >= 4 is 17.6 Å². The van der Waals surface area contributed by atoms with Gasteiger partial charge >= 0.3 is 5.97 Å². The number of carboxylic acids is 1. The highest BCUT2D eigenvalue weighted by atomic mass is 16.5. The van der Waals surface area contributed by atoms with Crippen molar-refractivity contribution in [3.63, 3.8) is 0 Å². The number of carbonyl (C=O) groups is 2. The Balaban J connectivity index is 2.88. The number of hydrogen-bond acceptors (Lipinski definition) is 4. The second kappa shape index (κ2) is 6.19. The molecule has 0 aliphatic heterocycles. The van der Waals surface area contributed by atoms with Crippen LogP contribution in [0.15, 0.2) is 12.1 Å². The maximum atomic E-state index is 11.7. The third-order valence-electron chi connectivity index (χ3n) is 2.80. The number of nitrogens with two attached hydrogens (primary N) is 1. The zero-order valence-electron chi connectivity index (χ0n) is 11.2. The number of aliphatic carboxylic acids is 1. The molecule has 0 aliphatic rings. The van der Waals surface area contributed by atoms with Gasteiger partial charge < -0.3 is 20.9 Å². The van der Waals surface area contributed by atoms with Crippen molar-refractivity contribution in [2.24, 2.45) is 5.73 Å². The van der Waals surface area contributed by atoms with Crippen molar-refractivity contribution < 1.29 is 19.4 Å². The van der Waals surface area contributed by atoms with Gasteiger partial charge in [0, 0.05) is 11.3 Å². The number of carboxylic acid groups (broad SMARTS) is 1. The molecule has 1 amide bonds. The zero-order valence-corrected chi connectivity index (χ0v) is 11.2. The molecule has 1 atom stereocenters. The lowest BCUT2D eigenvalue weighted by molar-refractivity contribution is -0.138. The molecule has 1 unspecified atom stereocenters. The van der Waals surface area contributed by atoms with E-state index >= 15 is 0 Å². The van der Waals surface area contributed by atoms with E-state index in [-0.39, 0.29) is 0 Å². The molecule has 6 nitrogen and oxygen atoms in total. The van der Waals surface area contributed by atoms with Gasteiger partial charge in [0.25, 0.3) is 0 Å². The minimum absolute atomic E-state index is 0.409. The second-order valence-corrected chi connectivity index (χ2v) is 4.28. The lowest BCUT2D eigenvalue weighted by Gasteiger charge is -2.15. The second-order valence-electron chi connectivity index (χ2n) is 4.28. The Labute approximate surface area is 111 Å². The van der Waals surface area contributed by atoms with E-state index in [1.165, 1.54) is 0 Å². The summed E-state index contributed by atoms with van der Waals surface area (Å²) in [6.45, 7) is 3.71. The van der Waals surface area contributed by atoms with Crippen molar-refractivity contribution in [2.75, 3.05) is 12.4 Å². The van der Waals surface area contributed by atoms with Crippen LogP contribution in [0.25, 0.3) is 0 Å². The Morgan fingerprint density at radius 2 is 2.05 bits per heavy atom. The summed E-state index contributed by atoms with van der Waals surface area (Å²) < 4.78 is 5.25. The molecule has 0 saturated heterocycles. The Morgan fingerprint density at radius 3 is 2.58 bits per heavy atom. The average molecular weight is 266 g/mol. The van der Waals surface area contributed by atoms with E-state index in [9.17, 15) is 9.59 Å². The van der Waals surface area contributed by atoms with E-state index in [2.05, 4.69) is 5.32 Å². The minimum atomic E-state index is -1.11. The third kappa shape index (κ3) is 3.69. The summed E-state index contributed by atoms with van der Waals surface area (Å²) in [5.41, 5.74) is 7.78. The highest BCUT2D eigenvalue weighted by Crippen LogP contribution is 2.29. The van der Waals surface area contributed by atoms with E-state index in [1.807, 2.05) is 19.9 Å². The first kappa shape index (κ1) is 15.0. The summed E-state index contributed by atoms with van der Waals surface area (Å²) in [5.74, 6) is -0.957. The van der Waals surface area contributed by atoms with Crippen LogP contribution >= 0.6 is 0 Å². The first-order valence-electron chi connectivity index (χ1n) is 5.79. The largest absolute Gasteiger partial charge is 0.496 e. The van der Waals surface area contributed by atoms with Gasteiger partial charge in [0.15, 0.2) is 0 Å². The standard InChI is InChI=1S/C13H18N2O4/c1-7-4-5-10(8(2)12(7)19-3)15-13(18)9(14)6-11(16)17/h4-5,9H,6,14H2,1-3H3,(H,15,18)(H,16,17). The van der Waals surface area contributed by atoms with Gasteiger partial charge in [-0.1, -0.05) is 6.07 Å². The van der Waals surface area contributed by atoms with Crippen molar-refractivity contribution in [3.05, 3.63) is 23.3 Å². The van der Waals surface area contributed by atoms with Crippen LogP contribution in [0.5, 0.6) is 5.75 Å². The number of methoxy groups -OCH3 is 1. The quantitative estimate of drug-likeness (QED) is 0.739. The Hall–Kier alpha value is -2.08. The van der Waals surface area contributed by atoms with Gasteiger partial charge in [-0.05, 0) is 25.5 Å². The number of anilines is 1. The molecule has 0 saturated carbocycles. The molecule has 1 rings (SSSR count). The molecule has 1 aromatic rings. The van der Waals surface area contributed by atoms with Crippen LogP contribution in [0.3, 0.4) is 0 Å². The maximum Gasteiger partial charge on any atom is 0.305 e. The topological polar surface area (TPSA) is 102 Å². The van der Waals surface area contributed by atoms with E-state index < -0.39 is 24.3 Å². The van der Waals surface area contributed by atoms with E-state index in [4.69, 9.17) is 15.6 Å². The van der Waals surface area contributed by atoms with Crippen LogP contribution in [0, 0.1) is 13.8 Å². The molecule has 19 heavy (non-hydrogen) atoms. The van der Waals surface area contributed by atoms with Crippen LogP contribution < -0.4 is 15.8 Å². The number of aryl methyl sites for hydroxylation is 1. The Morgan fingerprint density at radius 1 is 1.42 bits per heavy atom. The molecular weight excluding hydrogens is 248 g/mol. The summed E-state index contributed by atoms with van der Waals surface area (Å²) in [6, 6.07) is 2.46. The smallest absolute Gasteiger partial charge is 0.305 e. The number of rotatable bonds is 5. The molecule has 0 radical (unpaired) electrons. The molecule has 1 aromatic carbocycles. The summed E-state index contributed by atoms with van der Waals surface area (Å²) in [7, 11) is 1.55. The van der Waals surface area contributed by atoms with Gasteiger partial charge in [-0.25, -0.2) is 0 Å². The third-order valence-corrected chi connectivity index (χ3v) is 2.80. The van der Waals surface area contributed by atoms with Gasteiger partial charge in [-0.15, -0.1) is 0 Å². The molecule has 0 spiro atoms. The van der Waals surface area contributed by atoms with E-state index in [0.29, 0.717) is 11.4 Å². The average Bonchev–Trinajstić information content (AvgIpc) is 2.32. The fourth-order valence-corrected chi connectivity index (χ4v) is 1.78. The van der Waals surface area contributed by atoms with Crippen molar-refractivity contribution in [1.29, 1.82) is 0 Å². The fourth-order valence-electron chi connectivity index (χ4n) is 1.78. The first-order chi connectivity index (χ1) is 8.86. The molecule has 104 valence electrons. The number of carbonyl (C=O) groups excluding carboxylic acids is 1. The minimum Gasteiger partial charge on any atom is -0.496 e. The number of nitrogens with one attached hydrogen (secondary N) is 1. The maximum absolute atomic E-state index is 11.7. The Bertz CT molecular complexity index is 500. The van der Waals surface area contributed by atoms with Crippen molar-refractivity contribution in [2.45, 2.75) is 26.3 Å². The monoisotopic (exact) mass is 266 g/mol. The zero-order chi connectivity index (χ0) is 14.6. The molecule has 0 bridgehead atoms. The highest BCUT2D eigenvalue weighted by Gasteiger charge is 2.18. The fraction of sp³-hybridized carbons (Fsp3) is 0.385. The van der Waals surface area contributed by atoms with Crippen molar-refractivity contribution in [1.82, 2.24) is 0 Å². The molecule has 0 aromatic heterocycles. The normalized spacial score (nSPS) is 11.8. The van der Waals surface area contributed by atoms with Crippen LogP contribution in [0.4, 0.5) is 5.69 Å². The summed E-state index contributed by atoms with van der Waals surface area (Å²) >= 11 is 0. The summed E-state index contributed by atoms with van der Waals surface area (Å²) in [6.07, 6.45) is -0.409. The molecule has 4 N–H and O–H groups in total. The van der Waals surface area contributed by atoms with Crippen LogP contribution in [0.2, 0.25) is 0 Å². The SMILES string of the molecule is COc1c(C)ccc(NC(=O)C(N)CC(=O)O)c1C. The number of ether oxygens (including phenoxy) is 1. The predicted octanol–water partition coefficient (Wildman–Crippen LogP) is 1.05. The van der Waals surface area contributed by atoms with E-state index in [0.717, 1.165) is 11.1 Å². The lowest BCUT2D eigenvalue weighted by Crippen LogP contribution is -2.37. The summed E-state index contributed by atoms with van der Waals surface area (Å²) in [5, 5.41) is 11.2. The van der Waals surface area contributed by atoms with Gasteiger partial charge in [0.1, 0.15) is 5.75 Å². The number of amides is 1.